The molecule has 0 aliphatic carbocycles. The second-order valence-electron chi connectivity index (χ2n) is 4.31. The van der Waals surface area contributed by atoms with E-state index in [-0.39, 0.29) is 5.91 Å². The molecule has 1 aromatic heterocycles. The van der Waals surface area contributed by atoms with Gasteiger partial charge in [-0.1, -0.05) is 18.6 Å². The third-order valence-electron chi connectivity index (χ3n) is 2.29. The zero-order valence-corrected chi connectivity index (χ0v) is 12.0. The molecule has 1 aromatic rings. The summed E-state index contributed by atoms with van der Waals surface area (Å²) in [4.78, 5) is 12.4. The summed E-state index contributed by atoms with van der Waals surface area (Å²) in [5, 5.41) is 6.98. The normalized spacial score (nSPS) is 9.94. The lowest BCUT2D eigenvalue weighted by atomic mass is 10.3. The number of carbonyl (C=O) groups is 1. The molecule has 1 amide bonds. The summed E-state index contributed by atoms with van der Waals surface area (Å²) < 4.78 is 0. The first-order valence-electron chi connectivity index (χ1n) is 6.09. The maximum atomic E-state index is 11.8. The van der Waals surface area contributed by atoms with Crippen LogP contribution in [-0.4, -0.2) is 19.0 Å². The molecule has 0 spiro atoms. The van der Waals surface area contributed by atoms with Gasteiger partial charge in [-0.2, -0.15) is 0 Å². The molecule has 18 heavy (non-hydrogen) atoms. The van der Waals surface area contributed by atoms with Crippen LogP contribution in [0, 0.1) is 0 Å². The summed E-state index contributed by atoms with van der Waals surface area (Å²) in [6.45, 7) is 7.54. The minimum Gasteiger partial charge on any atom is -0.397 e. The van der Waals surface area contributed by atoms with E-state index >= 15 is 0 Å². The molecule has 0 aromatic carbocycles. The zero-order chi connectivity index (χ0) is 13.5. The first kappa shape index (κ1) is 14.6. The van der Waals surface area contributed by atoms with Crippen molar-refractivity contribution < 1.29 is 4.79 Å². The second-order valence-corrected chi connectivity index (χ2v) is 5.37. The van der Waals surface area contributed by atoms with Gasteiger partial charge in [0.2, 0.25) is 0 Å². The highest BCUT2D eigenvalue weighted by atomic mass is 32.1. The summed E-state index contributed by atoms with van der Waals surface area (Å²) in [5.41, 5.74) is 7.63. The number of amides is 1. The molecule has 4 N–H and O–H groups in total. The number of rotatable bonds is 6. The first-order valence-corrected chi connectivity index (χ1v) is 6.91. The Morgan fingerprint density at radius 2 is 2.22 bits per heavy atom. The fraction of sp³-hybridized carbons (Fsp3) is 0.462. The van der Waals surface area contributed by atoms with Crippen LogP contribution < -0.4 is 16.4 Å². The lowest BCUT2D eigenvalue weighted by molar-refractivity contribution is 0.0958. The van der Waals surface area contributed by atoms with Gasteiger partial charge < -0.3 is 16.4 Å². The number of carbonyl (C=O) groups excluding carboxylic acids is 1. The largest absolute Gasteiger partial charge is 0.397 e. The van der Waals surface area contributed by atoms with Crippen LogP contribution >= 0.6 is 11.3 Å². The predicted octanol–water partition coefficient (Wildman–Crippen LogP) is 2.85. The molecule has 0 fully saturated rings. The van der Waals surface area contributed by atoms with Gasteiger partial charge in [-0.05, 0) is 26.3 Å². The van der Waals surface area contributed by atoms with Gasteiger partial charge in [-0.15, -0.1) is 11.3 Å². The third kappa shape index (κ3) is 4.41. The SMILES string of the molecule is CCCNC(=O)c1sc(NCC=C(C)C)cc1N. The zero-order valence-electron chi connectivity index (χ0n) is 11.2. The van der Waals surface area contributed by atoms with E-state index in [0.29, 0.717) is 17.1 Å². The molecule has 5 heteroatoms. The molecule has 0 aliphatic rings. The van der Waals surface area contributed by atoms with Crippen LogP contribution in [0.4, 0.5) is 10.7 Å². The monoisotopic (exact) mass is 267 g/mol. The van der Waals surface area contributed by atoms with Gasteiger partial charge in [0, 0.05) is 13.1 Å². The first-order chi connectivity index (χ1) is 8.54. The molecule has 0 aliphatic heterocycles. The summed E-state index contributed by atoms with van der Waals surface area (Å²) in [7, 11) is 0. The molecule has 0 atom stereocenters. The summed E-state index contributed by atoms with van der Waals surface area (Å²) in [6.07, 6.45) is 3.01. The lowest BCUT2D eigenvalue weighted by Gasteiger charge is -2.01. The molecule has 0 bridgehead atoms. The maximum Gasteiger partial charge on any atom is 0.263 e. The Morgan fingerprint density at radius 3 is 2.83 bits per heavy atom. The van der Waals surface area contributed by atoms with Crippen LogP contribution in [0.2, 0.25) is 0 Å². The van der Waals surface area contributed by atoms with E-state index in [0.717, 1.165) is 18.0 Å². The molecule has 0 saturated heterocycles. The Hall–Kier alpha value is -1.49. The molecule has 1 heterocycles. The standard InChI is InChI=1S/C13H21N3OS/c1-4-6-16-13(17)12-10(14)8-11(18-12)15-7-5-9(2)3/h5,8,15H,4,6-7,14H2,1-3H3,(H,16,17). The van der Waals surface area contributed by atoms with Gasteiger partial charge in [-0.25, -0.2) is 0 Å². The van der Waals surface area contributed by atoms with Crippen LogP contribution in [0.1, 0.15) is 36.9 Å². The number of nitrogen functional groups attached to an aromatic ring is 1. The Morgan fingerprint density at radius 1 is 1.50 bits per heavy atom. The van der Waals surface area contributed by atoms with E-state index in [1.165, 1.54) is 16.9 Å². The Bertz CT molecular complexity index is 433. The smallest absolute Gasteiger partial charge is 0.263 e. The third-order valence-corrected chi connectivity index (χ3v) is 3.40. The van der Waals surface area contributed by atoms with E-state index in [9.17, 15) is 4.79 Å². The van der Waals surface area contributed by atoms with Gasteiger partial charge in [0.05, 0.1) is 10.7 Å². The van der Waals surface area contributed by atoms with Crippen molar-refractivity contribution in [2.45, 2.75) is 27.2 Å². The maximum absolute atomic E-state index is 11.8. The van der Waals surface area contributed by atoms with Gasteiger partial charge in [-0.3, -0.25) is 4.79 Å². The second kappa shape index (κ2) is 7.06. The average Bonchev–Trinajstić information content (AvgIpc) is 2.67. The molecule has 1 rings (SSSR count). The molecular weight excluding hydrogens is 246 g/mol. The van der Waals surface area contributed by atoms with Crippen molar-refractivity contribution in [3.63, 3.8) is 0 Å². The Labute approximate surface area is 112 Å². The molecule has 0 radical (unpaired) electrons. The highest BCUT2D eigenvalue weighted by molar-refractivity contribution is 7.18. The number of hydrogen-bond acceptors (Lipinski definition) is 4. The predicted molar refractivity (Wildman–Crippen MR) is 79.3 cm³/mol. The Balaban J connectivity index is 2.63. The number of thiophene rings is 1. The van der Waals surface area contributed by atoms with Gasteiger partial charge >= 0.3 is 0 Å². The van der Waals surface area contributed by atoms with Crippen LogP contribution in [0.3, 0.4) is 0 Å². The van der Waals surface area contributed by atoms with E-state index in [1.54, 1.807) is 0 Å². The minimum absolute atomic E-state index is 0.0883. The number of allylic oxidation sites excluding steroid dienone is 1. The molecule has 100 valence electrons. The fourth-order valence-corrected chi connectivity index (χ4v) is 2.25. The van der Waals surface area contributed by atoms with Crippen LogP contribution in [-0.2, 0) is 0 Å². The van der Waals surface area contributed by atoms with Crippen molar-refractivity contribution in [2.75, 3.05) is 24.1 Å². The summed E-state index contributed by atoms with van der Waals surface area (Å²) >= 11 is 1.39. The van der Waals surface area contributed by atoms with Crippen LogP contribution in [0.25, 0.3) is 0 Å². The van der Waals surface area contributed by atoms with E-state index < -0.39 is 0 Å². The van der Waals surface area contributed by atoms with E-state index in [2.05, 4.69) is 16.7 Å². The van der Waals surface area contributed by atoms with Crippen LogP contribution in [0.15, 0.2) is 17.7 Å². The Kier molecular flexibility index (Phi) is 5.71. The van der Waals surface area contributed by atoms with Crippen molar-refractivity contribution in [3.05, 3.63) is 22.6 Å². The highest BCUT2D eigenvalue weighted by Crippen LogP contribution is 2.28. The average molecular weight is 267 g/mol. The van der Waals surface area contributed by atoms with E-state index in [4.69, 9.17) is 5.73 Å². The van der Waals surface area contributed by atoms with Gasteiger partial charge in [0.25, 0.3) is 5.91 Å². The van der Waals surface area contributed by atoms with E-state index in [1.807, 2.05) is 26.8 Å². The molecule has 0 unspecified atom stereocenters. The fourth-order valence-electron chi connectivity index (χ4n) is 1.34. The number of nitrogens with two attached hydrogens (primary N) is 1. The van der Waals surface area contributed by atoms with Crippen LogP contribution in [0.5, 0.6) is 0 Å². The topological polar surface area (TPSA) is 67.2 Å². The van der Waals surface area contributed by atoms with Crippen molar-refractivity contribution in [1.82, 2.24) is 5.32 Å². The molecule has 4 nitrogen and oxygen atoms in total. The molecular formula is C13H21N3OS. The quantitative estimate of drug-likeness (QED) is 0.694. The van der Waals surface area contributed by atoms with Gasteiger partial charge in [0.1, 0.15) is 4.88 Å². The minimum atomic E-state index is -0.0883. The highest BCUT2D eigenvalue weighted by Gasteiger charge is 2.13. The van der Waals surface area contributed by atoms with Gasteiger partial charge in [0.15, 0.2) is 0 Å². The van der Waals surface area contributed by atoms with Crippen molar-refractivity contribution >= 4 is 27.9 Å². The number of nitrogens with one attached hydrogen (secondary N) is 2. The summed E-state index contributed by atoms with van der Waals surface area (Å²) in [5.74, 6) is -0.0883. The number of anilines is 2. The van der Waals surface area contributed by atoms with Crippen molar-refractivity contribution in [3.8, 4) is 0 Å². The van der Waals surface area contributed by atoms with Crippen molar-refractivity contribution in [2.24, 2.45) is 0 Å². The lowest BCUT2D eigenvalue weighted by Crippen LogP contribution is -2.23. The number of hydrogen-bond donors (Lipinski definition) is 3. The summed E-state index contributed by atoms with van der Waals surface area (Å²) in [6, 6.07) is 1.81. The van der Waals surface area contributed by atoms with Crippen molar-refractivity contribution in [1.29, 1.82) is 0 Å². The molecule has 0 saturated carbocycles.